The molecular weight excluding hydrogens is 342 g/mol. The summed E-state index contributed by atoms with van der Waals surface area (Å²) in [5, 5.41) is 13.5. The fourth-order valence-corrected chi connectivity index (χ4v) is 3.32. The average molecular weight is 361 g/mol. The first-order valence-electron chi connectivity index (χ1n) is 6.81. The Bertz CT molecular complexity index is 523. The second-order valence-corrected chi connectivity index (χ2v) is 7.10. The van der Waals surface area contributed by atoms with Crippen LogP contribution in [0.3, 0.4) is 0 Å². The second kappa shape index (κ2) is 5.94. The summed E-state index contributed by atoms with van der Waals surface area (Å²) in [7, 11) is 0. The zero-order valence-electron chi connectivity index (χ0n) is 11.6. The van der Waals surface area contributed by atoms with Gasteiger partial charge in [0, 0.05) is 10.2 Å². The van der Waals surface area contributed by atoms with E-state index in [1.54, 1.807) is 6.07 Å². The van der Waals surface area contributed by atoms with Gasteiger partial charge >= 0.3 is 5.97 Å². The maximum atomic E-state index is 11.8. The lowest BCUT2D eigenvalue weighted by molar-refractivity contribution is -0.144. The number of aliphatic carboxylic acids is 1. The van der Waals surface area contributed by atoms with Gasteiger partial charge in [0.25, 0.3) is 0 Å². The van der Waals surface area contributed by atoms with Gasteiger partial charge in [-0.25, -0.2) is 4.79 Å². The van der Waals surface area contributed by atoms with Gasteiger partial charge in [0.05, 0.1) is 5.02 Å². The molecule has 110 valence electrons. The second-order valence-electron chi connectivity index (χ2n) is 5.84. The molecule has 0 bridgehead atoms. The van der Waals surface area contributed by atoms with Gasteiger partial charge < -0.3 is 10.4 Å². The number of benzene rings is 1. The lowest BCUT2D eigenvalue weighted by Crippen LogP contribution is -2.51. The summed E-state index contributed by atoms with van der Waals surface area (Å²) in [6.45, 7) is 4.32. The lowest BCUT2D eigenvalue weighted by atomic mass is 9.71. The quantitative estimate of drug-likeness (QED) is 0.814. The first kappa shape index (κ1) is 15.6. The molecule has 1 aromatic rings. The Morgan fingerprint density at radius 3 is 2.70 bits per heavy atom. The molecular formula is C15H19BrClNO2. The highest BCUT2D eigenvalue weighted by molar-refractivity contribution is 9.10. The maximum Gasteiger partial charge on any atom is 0.329 e. The van der Waals surface area contributed by atoms with Gasteiger partial charge in [-0.1, -0.05) is 25.4 Å². The molecule has 0 spiro atoms. The number of rotatable bonds is 3. The number of hydrogen-bond donors (Lipinski definition) is 2. The third kappa shape index (κ3) is 3.12. The molecule has 0 amide bonds. The van der Waals surface area contributed by atoms with Gasteiger partial charge in [-0.05, 0) is 65.2 Å². The zero-order valence-corrected chi connectivity index (χ0v) is 14.0. The normalized spacial score (nSPS) is 30.0. The molecule has 1 aromatic carbocycles. The van der Waals surface area contributed by atoms with Crippen molar-refractivity contribution in [2.45, 2.75) is 38.6 Å². The van der Waals surface area contributed by atoms with Crippen LogP contribution in [0.2, 0.25) is 5.02 Å². The van der Waals surface area contributed by atoms with Crippen LogP contribution in [0.1, 0.15) is 33.1 Å². The summed E-state index contributed by atoms with van der Waals surface area (Å²) >= 11 is 9.34. The average Bonchev–Trinajstić information content (AvgIpc) is 2.38. The Labute approximate surface area is 132 Å². The highest BCUT2D eigenvalue weighted by Crippen LogP contribution is 2.39. The van der Waals surface area contributed by atoms with Crippen LogP contribution in [0.5, 0.6) is 0 Å². The first-order chi connectivity index (χ1) is 9.34. The van der Waals surface area contributed by atoms with Crippen LogP contribution >= 0.6 is 27.5 Å². The zero-order chi connectivity index (χ0) is 14.9. The van der Waals surface area contributed by atoms with E-state index in [-0.39, 0.29) is 0 Å². The Morgan fingerprint density at radius 2 is 2.15 bits per heavy atom. The fraction of sp³-hybridized carbons (Fsp3) is 0.533. The highest BCUT2D eigenvalue weighted by atomic mass is 79.9. The third-order valence-corrected chi connectivity index (χ3v) is 5.59. The topological polar surface area (TPSA) is 49.3 Å². The van der Waals surface area contributed by atoms with Crippen LogP contribution in [0.25, 0.3) is 0 Å². The van der Waals surface area contributed by atoms with E-state index in [2.05, 4.69) is 35.1 Å². The van der Waals surface area contributed by atoms with E-state index in [4.69, 9.17) is 11.6 Å². The minimum Gasteiger partial charge on any atom is -0.480 e. The van der Waals surface area contributed by atoms with Gasteiger partial charge in [-0.3, -0.25) is 0 Å². The molecule has 0 aromatic heterocycles. The molecule has 0 heterocycles. The van der Waals surface area contributed by atoms with E-state index < -0.39 is 11.5 Å². The van der Waals surface area contributed by atoms with E-state index in [1.807, 2.05) is 12.1 Å². The number of anilines is 1. The molecule has 3 unspecified atom stereocenters. The maximum absolute atomic E-state index is 11.8. The van der Waals surface area contributed by atoms with Crippen molar-refractivity contribution in [3.8, 4) is 0 Å². The van der Waals surface area contributed by atoms with Crippen LogP contribution in [0.4, 0.5) is 5.69 Å². The number of halogens is 2. The van der Waals surface area contributed by atoms with E-state index in [9.17, 15) is 9.90 Å². The van der Waals surface area contributed by atoms with Gasteiger partial charge in [-0.15, -0.1) is 0 Å². The molecule has 2 N–H and O–H groups in total. The minimum absolute atomic E-state index is 0.392. The number of nitrogens with one attached hydrogen (secondary N) is 1. The molecule has 1 aliphatic carbocycles. The van der Waals surface area contributed by atoms with Crippen molar-refractivity contribution in [3.63, 3.8) is 0 Å². The van der Waals surface area contributed by atoms with E-state index >= 15 is 0 Å². The SMILES string of the molecule is CC1CCC(Nc2ccc(Cl)c(Br)c2)(C(=O)O)CC1C. The van der Waals surface area contributed by atoms with Gasteiger partial charge in [-0.2, -0.15) is 0 Å². The lowest BCUT2D eigenvalue weighted by Gasteiger charge is -2.41. The Balaban J connectivity index is 2.25. The van der Waals surface area contributed by atoms with Crippen molar-refractivity contribution in [1.82, 2.24) is 0 Å². The van der Waals surface area contributed by atoms with Crippen molar-refractivity contribution >= 4 is 39.2 Å². The molecule has 1 saturated carbocycles. The molecule has 5 heteroatoms. The van der Waals surface area contributed by atoms with E-state index in [1.165, 1.54) is 0 Å². The number of hydrogen-bond acceptors (Lipinski definition) is 2. The Morgan fingerprint density at radius 1 is 1.45 bits per heavy atom. The van der Waals surface area contributed by atoms with Crippen molar-refractivity contribution in [2.75, 3.05) is 5.32 Å². The van der Waals surface area contributed by atoms with Crippen LogP contribution in [-0.4, -0.2) is 16.6 Å². The van der Waals surface area contributed by atoms with Gasteiger partial charge in [0.1, 0.15) is 5.54 Å². The summed E-state index contributed by atoms with van der Waals surface area (Å²) in [6, 6.07) is 5.41. The summed E-state index contributed by atoms with van der Waals surface area (Å²) in [4.78, 5) is 11.8. The summed E-state index contributed by atoms with van der Waals surface area (Å²) in [5.74, 6) is 0.187. The molecule has 1 aliphatic rings. The van der Waals surface area contributed by atoms with E-state index in [0.717, 1.165) is 16.6 Å². The molecule has 3 nitrogen and oxygen atoms in total. The molecule has 0 radical (unpaired) electrons. The van der Waals surface area contributed by atoms with Crippen LogP contribution in [-0.2, 0) is 4.79 Å². The largest absolute Gasteiger partial charge is 0.480 e. The smallest absolute Gasteiger partial charge is 0.329 e. The fourth-order valence-electron chi connectivity index (χ4n) is 2.82. The molecule has 20 heavy (non-hydrogen) atoms. The molecule has 0 saturated heterocycles. The molecule has 0 aliphatic heterocycles. The standard InChI is InChI=1S/C15H19BrClNO2/c1-9-5-6-15(14(19)20,8-10(9)2)18-11-3-4-13(17)12(16)7-11/h3-4,7,9-10,18H,5-6,8H2,1-2H3,(H,19,20). The molecule has 1 fully saturated rings. The van der Waals surface area contributed by atoms with Crippen LogP contribution < -0.4 is 5.32 Å². The summed E-state index contributed by atoms with van der Waals surface area (Å²) in [6.07, 6.45) is 2.22. The Kier molecular flexibility index (Phi) is 4.65. The van der Waals surface area contributed by atoms with Crippen molar-refractivity contribution < 1.29 is 9.90 Å². The number of carboxylic acid groups (broad SMARTS) is 1. The van der Waals surface area contributed by atoms with E-state index in [0.29, 0.717) is 29.7 Å². The predicted octanol–water partition coefficient (Wildman–Crippen LogP) is 4.79. The molecule has 3 atom stereocenters. The predicted molar refractivity (Wildman–Crippen MR) is 85.3 cm³/mol. The highest BCUT2D eigenvalue weighted by Gasteiger charge is 2.44. The summed E-state index contributed by atoms with van der Waals surface area (Å²) in [5.41, 5.74) is -0.0930. The van der Waals surface area contributed by atoms with Crippen LogP contribution in [0, 0.1) is 11.8 Å². The monoisotopic (exact) mass is 359 g/mol. The molecule has 2 rings (SSSR count). The van der Waals surface area contributed by atoms with Crippen molar-refractivity contribution in [2.24, 2.45) is 11.8 Å². The summed E-state index contributed by atoms with van der Waals surface area (Å²) < 4.78 is 0.766. The van der Waals surface area contributed by atoms with Crippen molar-refractivity contribution in [1.29, 1.82) is 0 Å². The number of carbonyl (C=O) groups is 1. The van der Waals surface area contributed by atoms with Crippen molar-refractivity contribution in [3.05, 3.63) is 27.7 Å². The minimum atomic E-state index is -0.876. The van der Waals surface area contributed by atoms with Gasteiger partial charge in [0.15, 0.2) is 0 Å². The Hall–Kier alpha value is -0.740. The van der Waals surface area contributed by atoms with Gasteiger partial charge in [0.2, 0.25) is 0 Å². The number of carboxylic acids is 1. The third-order valence-electron chi connectivity index (χ3n) is 4.38. The van der Waals surface area contributed by atoms with Crippen LogP contribution in [0.15, 0.2) is 22.7 Å². The first-order valence-corrected chi connectivity index (χ1v) is 7.98.